The summed E-state index contributed by atoms with van der Waals surface area (Å²) >= 11 is 0. The number of carbonyl (C=O) groups excluding carboxylic acids is 2. The summed E-state index contributed by atoms with van der Waals surface area (Å²) in [6.07, 6.45) is 1.30. The number of rotatable bonds is 38. The number of nitrogens with zero attached hydrogens (tertiary/aromatic N) is 1. The summed E-state index contributed by atoms with van der Waals surface area (Å²) < 4.78 is 64.1. The number of unbranched alkanes of at least 4 members (excludes halogenated alkanes) is 1. The van der Waals surface area contributed by atoms with Crippen LogP contribution in [0.15, 0.2) is 182 Å². The van der Waals surface area contributed by atoms with Crippen LogP contribution in [-0.2, 0) is 49.5 Å². The van der Waals surface area contributed by atoms with Crippen LogP contribution in [0.4, 0.5) is 5.69 Å². The number of aliphatic hydroxyl groups is 4. The van der Waals surface area contributed by atoms with Crippen molar-refractivity contribution in [3.8, 4) is 34.5 Å². The smallest absolute Gasteiger partial charge is 0.241 e. The lowest BCUT2D eigenvalue weighted by molar-refractivity contribution is -0.130. The van der Waals surface area contributed by atoms with Crippen molar-refractivity contribution >= 4 is 17.5 Å². The van der Waals surface area contributed by atoms with Gasteiger partial charge in [0.15, 0.2) is 0 Å². The second kappa shape index (κ2) is 31.8. The molecule has 2 amide bonds. The number of benzene rings is 7. The van der Waals surface area contributed by atoms with Gasteiger partial charge in [0.05, 0.1) is 56.7 Å². The standard InChI is InChI=1S/C80H93NO17/c1-53-10-12-54(13-11-53)77(2,3)55-14-26-65(27-15-55)91-45-61(82)42-88-40-8-9-41-89-43-62(83)46-92-66-28-16-56(17-29-66)78(4,5)58-20-32-68(33-21-58)94-48-64(85)49-95-69-34-22-59(23-35-69)79(6,7)57-18-30-67(31-19-57)93-47-63(84)44-90-52-80-39-38-72(98-80)73-74(80)76(87)81(75(73)86)60-24-36-70(37-25-60)96-50-71-51-97-71/h10-39,61-64,71-74,82-85H,8-9,40-52H2,1-7H3. The summed E-state index contributed by atoms with van der Waals surface area (Å²) in [7, 11) is 0. The van der Waals surface area contributed by atoms with Crippen molar-refractivity contribution in [3.05, 3.63) is 221 Å². The van der Waals surface area contributed by atoms with Gasteiger partial charge in [-0.2, -0.15) is 0 Å². The van der Waals surface area contributed by atoms with Gasteiger partial charge in [0.2, 0.25) is 11.8 Å². The van der Waals surface area contributed by atoms with Crippen LogP contribution in [0.2, 0.25) is 0 Å². The second-order valence-electron chi connectivity index (χ2n) is 27.6. The molecule has 18 nitrogen and oxygen atoms in total. The average molecular weight is 1340 g/mol. The molecule has 7 aromatic rings. The molecule has 0 aromatic heterocycles. The molecule has 520 valence electrons. The highest BCUT2D eigenvalue weighted by Crippen LogP contribution is 2.53. The molecule has 11 rings (SSSR count). The van der Waals surface area contributed by atoms with Gasteiger partial charge in [0, 0.05) is 29.5 Å². The molecule has 4 aliphatic heterocycles. The van der Waals surface area contributed by atoms with Crippen molar-refractivity contribution < 1.29 is 82.1 Å². The Hall–Kier alpha value is -8.14. The maximum absolute atomic E-state index is 13.9. The molecule has 7 aromatic carbocycles. The van der Waals surface area contributed by atoms with E-state index in [1.807, 2.05) is 121 Å². The molecule has 4 N–H and O–H groups in total. The Labute approximate surface area is 574 Å². The van der Waals surface area contributed by atoms with Crippen molar-refractivity contribution in [1.82, 2.24) is 0 Å². The van der Waals surface area contributed by atoms with Crippen molar-refractivity contribution in [3.63, 3.8) is 0 Å². The Kier molecular flexibility index (Phi) is 23.1. The summed E-state index contributed by atoms with van der Waals surface area (Å²) in [5, 5.41) is 42.7. The van der Waals surface area contributed by atoms with E-state index in [2.05, 4.69) is 84.9 Å². The number of aryl methyl sites for hydroxylation is 1. The highest BCUT2D eigenvalue weighted by molar-refractivity contribution is 6.23. The lowest BCUT2D eigenvalue weighted by atomic mass is 9.77. The van der Waals surface area contributed by atoms with Crippen molar-refractivity contribution in [2.45, 2.75) is 120 Å². The van der Waals surface area contributed by atoms with E-state index < -0.39 is 48.0 Å². The number of anilines is 1. The monoisotopic (exact) mass is 1340 g/mol. The van der Waals surface area contributed by atoms with E-state index in [0.29, 0.717) is 66.6 Å². The molecule has 4 heterocycles. The van der Waals surface area contributed by atoms with Crippen LogP contribution in [-0.4, -0.2) is 160 Å². The maximum Gasteiger partial charge on any atom is 0.241 e. The summed E-state index contributed by atoms with van der Waals surface area (Å²) in [4.78, 5) is 28.7. The van der Waals surface area contributed by atoms with Gasteiger partial charge in [-0.05, 0) is 138 Å². The highest BCUT2D eigenvalue weighted by atomic mass is 16.6. The number of aliphatic hydroxyl groups excluding tert-OH is 4. The Morgan fingerprint density at radius 2 is 0.776 bits per heavy atom. The fourth-order valence-electron chi connectivity index (χ4n) is 12.6. The van der Waals surface area contributed by atoms with E-state index in [4.69, 9.17) is 52.1 Å². The largest absolute Gasteiger partial charge is 0.491 e. The number of hydrogen-bond acceptors (Lipinski definition) is 17. The fourth-order valence-corrected chi connectivity index (χ4v) is 12.6. The molecule has 98 heavy (non-hydrogen) atoms. The zero-order chi connectivity index (χ0) is 69.0. The van der Waals surface area contributed by atoms with E-state index in [1.54, 1.807) is 24.3 Å². The zero-order valence-electron chi connectivity index (χ0n) is 57.1. The third kappa shape index (κ3) is 17.6. The van der Waals surface area contributed by atoms with Gasteiger partial charge in [-0.1, -0.05) is 144 Å². The molecular weight excluding hydrogens is 1250 g/mol. The first-order valence-electron chi connectivity index (χ1n) is 33.9. The van der Waals surface area contributed by atoms with Crippen LogP contribution in [0, 0.1) is 18.8 Å². The summed E-state index contributed by atoms with van der Waals surface area (Å²) in [5.74, 6) is 1.72. The average Bonchev–Trinajstić information content (AvgIpc) is 1.54. The van der Waals surface area contributed by atoms with E-state index >= 15 is 0 Å². The number of amides is 2. The van der Waals surface area contributed by atoms with E-state index in [1.165, 1.54) is 21.6 Å². The van der Waals surface area contributed by atoms with E-state index in [0.717, 1.165) is 35.1 Å². The third-order valence-electron chi connectivity index (χ3n) is 19.0. The normalized spacial score (nSPS) is 20.0. The van der Waals surface area contributed by atoms with Crippen LogP contribution in [0.3, 0.4) is 0 Å². The Balaban J connectivity index is 0.526. The lowest BCUT2D eigenvalue weighted by Gasteiger charge is -2.29. The van der Waals surface area contributed by atoms with Gasteiger partial charge in [-0.25, -0.2) is 4.90 Å². The van der Waals surface area contributed by atoms with Crippen molar-refractivity contribution in [1.29, 1.82) is 0 Å². The molecule has 3 fully saturated rings. The molecule has 0 spiro atoms. The zero-order valence-corrected chi connectivity index (χ0v) is 57.1. The first kappa shape index (κ1) is 71.2. The van der Waals surface area contributed by atoms with Crippen LogP contribution >= 0.6 is 0 Å². The first-order valence-corrected chi connectivity index (χ1v) is 33.9. The molecule has 9 unspecified atom stereocenters. The van der Waals surface area contributed by atoms with Gasteiger partial charge in [0.25, 0.3) is 0 Å². The highest BCUT2D eigenvalue weighted by Gasteiger charge is 2.68. The number of hydrogen-bond donors (Lipinski definition) is 4. The molecule has 2 bridgehead atoms. The summed E-state index contributed by atoms with van der Waals surface area (Å²) in [6.45, 7) is 17.6. The Morgan fingerprint density at radius 3 is 1.14 bits per heavy atom. The minimum absolute atomic E-state index is 0.0153. The minimum atomic E-state index is -1.12. The number of carbonyl (C=O) groups is 2. The number of fused-ring (bicyclic) bond motifs is 5. The summed E-state index contributed by atoms with van der Waals surface area (Å²) in [5.41, 5.74) is 6.40. The van der Waals surface area contributed by atoms with E-state index in [-0.39, 0.29) is 93.6 Å². The number of imide groups is 1. The SMILES string of the molecule is Cc1ccc(C(C)(C)c2ccc(OCC(O)COCCCCOCC(O)COc3ccc(C(C)(C)c4ccc(OCC(O)COc5ccc(C(C)(C)c6ccc(OCC(O)COCC78C=CC(O7)C7C(=O)N(c9ccc(OCC%10CO%10)cc9)C(=O)C78)cc6)cc5)cc4)cc3)cc2)cc1. The van der Waals surface area contributed by atoms with Crippen LogP contribution < -0.4 is 33.3 Å². The van der Waals surface area contributed by atoms with Gasteiger partial charge < -0.3 is 72.5 Å². The Morgan fingerprint density at radius 1 is 0.449 bits per heavy atom. The van der Waals surface area contributed by atoms with Crippen molar-refractivity contribution in [2.24, 2.45) is 11.8 Å². The molecule has 0 radical (unpaired) electrons. The van der Waals surface area contributed by atoms with Crippen molar-refractivity contribution in [2.75, 3.05) is 90.8 Å². The van der Waals surface area contributed by atoms with Crippen LogP contribution in [0.25, 0.3) is 0 Å². The Bertz CT molecular complexity index is 3720. The van der Waals surface area contributed by atoms with E-state index in [9.17, 15) is 30.0 Å². The number of epoxide rings is 1. The summed E-state index contributed by atoms with van der Waals surface area (Å²) in [6, 6.07) is 54.7. The number of ether oxygens (including phenoxy) is 11. The third-order valence-corrected chi connectivity index (χ3v) is 19.0. The second-order valence-corrected chi connectivity index (χ2v) is 27.6. The van der Waals surface area contributed by atoms with Gasteiger partial charge in [-0.15, -0.1) is 0 Å². The van der Waals surface area contributed by atoms with Crippen LogP contribution in [0.5, 0.6) is 34.5 Å². The van der Waals surface area contributed by atoms with Gasteiger partial charge in [0.1, 0.15) is 110 Å². The molecule has 9 atom stereocenters. The quantitative estimate of drug-likeness (QED) is 0.0122. The first-order chi connectivity index (χ1) is 47.1. The predicted molar refractivity (Wildman–Crippen MR) is 371 cm³/mol. The molecular formula is C80H93NO17. The molecule has 0 aliphatic carbocycles. The maximum atomic E-state index is 13.9. The fraction of sp³-hybridized carbons (Fsp3) is 0.425. The molecule has 3 saturated heterocycles. The van der Waals surface area contributed by atoms with Gasteiger partial charge in [-0.3, -0.25) is 9.59 Å². The van der Waals surface area contributed by atoms with Gasteiger partial charge >= 0.3 is 0 Å². The molecule has 4 aliphatic rings. The lowest BCUT2D eigenvalue weighted by Crippen LogP contribution is -2.44. The topological polar surface area (TPSA) is 223 Å². The molecule has 0 saturated carbocycles. The predicted octanol–water partition coefficient (Wildman–Crippen LogP) is 10.8. The van der Waals surface area contributed by atoms with Crippen LogP contribution in [0.1, 0.15) is 93.3 Å². The minimum Gasteiger partial charge on any atom is -0.491 e. The molecule has 18 heteroatoms.